The summed E-state index contributed by atoms with van der Waals surface area (Å²) in [5.74, 6) is -0.911. The molecule has 1 aliphatic rings. The highest BCUT2D eigenvalue weighted by molar-refractivity contribution is 7.80. The minimum Gasteiger partial charge on any atom is -0.318 e. The molecule has 6 heteroatoms. The molecule has 1 aromatic heterocycles. The van der Waals surface area contributed by atoms with Crippen LogP contribution in [0.25, 0.3) is 11.8 Å². The van der Waals surface area contributed by atoms with Crippen LogP contribution in [0.15, 0.2) is 54.1 Å². The molecule has 0 atom stereocenters. The zero-order valence-corrected chi connectivity index (χ0v) is 19.6. The molecule has 0 unspecified atom stereocenters. The molecule has 32 heavy (non-hydrogen) atoms. The van der Waals surface area contributed by atoms with Crippen molar-refractivity contribution in [1.29, 1.82) is 0 Å². The van der Waals surface area contributed by atoms with Gasteiger partial charge < -0.3 is 4.57 Å². The molecule has 0 radical (unpaired) electrons. The molecule has 2 heterocycles. The predicted octanol–water partition coefficient (Wildman–Crippen LogP) is 4.85. The average Bonchev–Trinajstić information content (AvgIpc) is 3.01. The number of aromatic nitrogens is 1. The fourth-order valence-electron chi connectivity index (χ4n) is 4.11. The number of carbonyl (C=O) groups is 2. The van der Waals surface area contributed by atoms with Crippen LogP contribution in [0.4, 0.5) is 5.69 Å². The highest BCUT2D eigenvalue weighted by atomic mass is 32.1. The Hall–Kier alpha value is -3.51. The van der Waals surface area contributed by atoms with Crippen molar-refractivity contribution in [3.05, 3.63) is 87.7 Å². The highest BCUT2D eigenvalue weighted by Crippen LogP contribution is 2.28. The van der Waals surface area contributed by atoms with E-state index in [4.69, 9.17) is 12.2 Å². The first-order valence-electron chi connectivity index (χ1n) is 10.4. The van der Waals surface area contributed by atoms with E-state index in [2.05, 4.69) is 41.9 Å². The molecule has 1 aliphatic heterocycles. The highest BCUT2D eigenvalue weighted by Gasteiger charge is 2.35. The van der Waals surface area contributed by atoms with Gasteiger partial charge in [-0.25, -0.2) is 0 Å². The number of nitrogens with zero attached hydrogens (tertiary/aromatic N) is 2. The first kappa shape index (κ1) is 21.7. The molecular weight excluding hydrogens is 418 g/mol. The minimum atomic E-state index is -0.485. The van der Waals surface area contributed by atoms with E-state index in [-0.39, 0.29) is 10.7 Å². The third-order valence-corrected chi connectivity index (χ3v) is 6.12. The summed E-state index contributed by atoms with van der Waals surface area (Å²) >= 11 is 5.32. The zero-order valence-electron chi connectivity index (χ0n) is 18.8. The molecule has 1 fully saturated rings. The third-order valence-electron chi connectivity index (χ3n) is 5.83. The monoisotopic (exact) mass is 443 g/mol. The number of thiocarbonyl (C=S) groups is 1. The maximum Gasteiger partial charge on any atom is 0.270 e. The van der Waals surface area contributed by atoms with E-state index < -0.39 is 11.8 Å². The molecule has 0 aliphatic carbocycles. The second-order valence-corrected chi connectivity index (χ2v) is 8.58. The number of nitrogens with one attached hydrogen (secondary N) is 1. The Bertz CT molecular complexity index is 1320. The van der Waals surface area contributed by atoms with Gasteiger partial charge in [-0.05, 0) is 93.4 Å². The Morgan fingerprint density at radius 3 is 2.28 bits per heavy atom. The Kier molecular flexibility index (Phi) is 5.57. The Labute approximate surface area is 193 Å². The van der Waals surface area contributed by atoms with Crippen molar-refractivity contribution in [1.82, 2.24) is 9.88 Å². The number of anilines is 1. The maximum absolute atomic E-state index is 13.4. The summed E-state index contributed by atoms with van der Waals surface area (Å²) in [5, 5.41) is 2.76. The van der Waals surface area contributed by atoms with Crippen molar-refractivity contribution in [3.8, 4) is 5.69 Å². The summed E-state index contributed by atoms with van der Waals surface area (Å²) in [6.07, 6.45) is 1.66. The van der Waals surface area contributed by atoms with E-state index in [9.17, 15) is 9.59 Å². The summed E-state index contributed by atoms with van der Waals surface area (Å²) in [6, 6.07) is 15.8. The van der Waals surface area contributed by atoms with Gasteiger partial charge in [-0.3, -0.25) is 19.8 Å². The van der Waals surface area contributed by atoms with Crippen LogP contribution in [0.3, 0.4) is 0 Å². The molecule has 3 aromatic rings. The van der Waals surface area contributed by atoms with E-state index in [0.717, 1.165) is 33.8 Å². The van der Waals surface area contributed by atoms with Crippen LogP contribution in [-0.2, 0) is 9.59 Å². The lowest BCUT2D eigenvalue weighted by atomic mass is 10.1. The number of amides is 2. The van der Waals surface area contributed by atoms with E-state index in [1.54, 1.807) is 6.08 Å². The Morgan fingerprint density at radius 2 is 1.56 bits per heavy atom. The number of benzene rings is 2. The van der Waals surface area contributed by atoms with Gasteiger partial charge in [-0.2, -0.15) is 0 Å². The van der Waals surface area contributed by atoms with Crippen LogP contribution < -0.4 is 10.2 Å². The average molecular weight is 444 g/mol. The number of carbonyl (C=O) groups excluding carboxylic acids is 2. The van der Waals surface area contributed by atoms with Gasteiger partial charge in [0.25, 0.3) is 11.8 Å². The smallest absolute Gasteiger partial charge is 0.270 e. The molecule has 162 valence electrons. The van der Waals surface area contributed by atoms with Gasteiger partial charge in [-0.1, -0.05) is 30.3 Å². The van der Waals surface area contributed by atoms with E-state index in [1.807, 2.05) is 51.1 Å². The fraction of sp³-hybridized carbons (Fsp3) is 0.192. The summed E-state index contributed by atoms with van der Waals surface area (Å²) in [6.45, 7) is 10.1. The van der Waals surface area contributed by atoms with Crippen LogP contribution in [0.2, 0.25) is 0 Å². The molecular formula is C26H25N3O2S. The molecule has 1 saturated heterocycles. The number of hydrogen-bond acceptors (Lipinski definition) is 3. The van der Waals surface area contributed by atoms with Crippen LogP contribution in [0.1, 0.15) is 33.6 Å². The van der Waals surface area contributed by atoms with Crippen molar-refractivity contribution in [2.24, 2.45) is 0 Å². The van der Waals surface area contributed by atoms with Crippen molar-refractivity contribution in [2.45, 2.75) is 34.6 Å². The minimum absolute atomic E-state index is 0.0584. The van der Waals surface area contributed by atoms with Crippen LogP contribution in [0.5, 0.6) is 0 Å². The lowest BCUT2D eigenvalue weighted by molar-refractivity contribution is -0.122. The van der Waals surface area contributed by atoms with Gasteiger partial charge in [0, 0.05) is 17.1 Å². The number of aryl methyl sites for hydroxylation is 4. The molecule has 0 spiro atoms. The largest absolute Gasteiger partial charge is 0.318 e. The normalized spacial score (nSPS) is 15.5. The summed E-state index contributed by atoms with van der Waals surface area (Å²) in [7, 11) is 0. The molecule has 4 rings (SSSR count). The van der Waals surface area contributed by atoms with Crippen LogP contribution in [-0.4, -0.2) is 21.5 Å². The molecule has 2 aromatic carbocycles. The van der Waals surface area contributed by atoms with E-state index in [0.29, 0.717) is 5.69 Å². The summed E-state index contributed by atoms with van der Waals surface area (Å²) < 4.78 is 2.16. The van der Waals surface area contributed by atoms with Gasteiger partial charge in [0.05, 0.1) is 5.69 Å². The van der Waals surface area contributed by atoms with Gasteiger partial charge in [0.15, 0.2) is 5.11 Å². The van der Waals surface area contributed by atoms with Crippen molar-refractivity contribution in [3.63, 3.8) is 0 Å². The molecule has 0 saturated carbocycles. The number of para-hydroxylation sites is 1. The van der Waals surface area contributed by atoms with E-state index >= 15 is 0 Å². The first-order chi connectivity index (χ1) is 15.2. The molecule has 0 bridgehead atoms. The van der Waals surface area contributed by atoms with Crippen molar-refractivity contribution < 1.29 is 9.59 Å². The maximum atomic E-state index is 13.4. The second kappa shape index (κ2) is 8.20. The lowest BCUT2D eigenvalue weighted by Gasteiger charge is -2.30. The standard InChI is InChI=1S/C26H25N3O2S/c1-15-10-11-17(3)23(12-15)28-18(4)13-20(19(28)5)14-21-24(30)27-26(32)29(25(21)31)22-9-7-6-8-16(22)2/h6-14H,1-5H3,(H,27,30,32)/b21-14+. The number of rotatable bonds is 3. The molecule has 5 nitrogen and oxygen atoms in total. The van der Waals surface area contributed by atoms with Crippen LogP contribution >= 0.6 is 12.2 Å². The lowest BCUT2D eigenvalue weighted by Crippen LogP contribution is -2.54. The van der Waals surface area contributed by atoms with Crippen LogP contribution in [0, 0.1) is 34.6 Å². The van der Waals surface area contributed by atoms with Gasteiger partial charge >= 0.3 is 0 Å². The molecule has 1 N–H and O–H groups in total. The van der Waals surface area contributed by atoms with Gasteiger partial charge in [-0.15, -0.1) is 0 Å². The topological polar surface area (TPSA) is 54.3 Å². The quantitative estimate of drug-likeness (QED) is 0.358. The van der Waals surface area contributed by atoms with Gasteiger partial charge in [0.2, 0.25) is 0 Å². The SMILES string of the molecule is Cc1ccc(C)c(-n2c(C)cc(/C=C3\C(=O)NC(=S)N(c4ccccc4C)C3=O)c2C)c1. The number of hydrogen-bond donors (Lipinski definition) is 1. The fourth-order valence-corrected chi connectivity index (χ4v) is 4.38. The molecule has 2 amide bonds. The van der Waals surface area contributed by atoms with Gasteiger partial charge in [0.1, 0.15) is 5.57 Å². The van der Waals surface area contributed by atoms with Crippen molar-refractivity contribution in [2.75, 3.05) is 4.90 Å². The summed E-state index contributed by atoms with van der Waals surface area (Å²) in [5.41, 5.74) is 7.83. The first-order valence-corrected chi connectivity index (χ1v) is 10.8. The van der Waals surface area contributed by atoms with E-state index in [1.165, 1.54) is 10.5 Å². The second-order valence-electron chi connectivity index (χ2n) is 8.20. The zero-order chi connectivity index (χ0) is 23.2. The third kappa shape index (κ3) is 3.67. The summed E-state index contributed by atoms with van der Waals surface area (Å²) in [4.78, 5) is 27.5. The Balaban J connectivity index is 1.81. The Morgan fingerprint density at radius 1 is 0.875 bits per heavy atom. The van der Waals surface area contributed by atoms with Crippen molar-refractivity contribution >= 4 is 40.9 Å². The predicted molar refractivity (Wildman–Crippen MR) is 132 cm³/mol.